The topological polar surface area (TPSA) is 54.9 Å². The molecule has 0 amide bonds. The second kappa shape index (κ2) is 2.82. The van der Waals surface area contributed by atoms with E-state index in [4.69, 9.17) is 0 Å². The number of hydrogen-bond acceptors (Lipinski definition) is 2. The lowest BCUT2D eigenvalue weighted by Crippen LogP contribution is -2.14. The monoisotopic (exact) mass is 202 g/mol. The predicted molar refractivity (Wildman–Crippen MR) is 56.2 cm³/mol. The quantitative estimate of drug-likeness (QED) is 0.750. The van der Waals surface area contributed by atoms with Crippen LogP contribution in [0.1, 0.15) is 29.2 Å². The number of rotatable bonds is 2. The summed E-state index contributed by atoms with van der Waals surface area (Å²) in [6, 6.07) is 5.72. The highest BCUT2D eigenvalue weighted by Gasteiger charge is 2.27. The van der Waals surface area contributed by atoms with Crippen molar-refractivity contribution in [3.63, 3.8) is 0 Å². The highest BCUT2D eigenvalue weighted by molar-refractivity contribution is 5.94. The Balaban J connectivity index is 2.41. The van der Waals surface area contributed by atoms with Crippen LogP contribution in [-0.4, -0.2) is 15.8 Å². The van der Waals surface area contributed by atoms with E-state index in [2.05, 4.69) is 4.98 Å². The molecule has 0 spiro atoms. The smallest absolute Gasteiger partial charge is 0.305 e. The van der Waals surface area contributed by atoms with Gasteiger partial charge in [-0.05, 0) is 25.0 Å². The fourth-order valence-electron chi connectivity index (χ4n) is 1.96. The van der Waals surface area contributed by atoms with Gasteiger partial charge in [0.25, 0.3) is 0 Å². The molecule has 1 aromatic carbocycles. The molecule has 3 rings (SSSR count). The highest BCUT2D eigenvalue weighted by Crippen LogP contribution is 2.35. The molecule has 1 aliphatic rings. The first-order valence-electron chi connectivity index (χ1n) is 4.99. The maximum absolute atomic E-state index is 11.7. The molecule has 0 radical (unpaired) electrons. The van der Waals surface area contributed by atoms with E-state index < -0.39 is 0 Å². The number of carbonyl (C=O) groups excluding carboxylic acids is 1. The van der Waals surface area contributed by atoms with Crippen LogP contribution in [0, 0.1) is 0 Å². The molecule has 0 aliphatic heterocycles. The summed E-state index contributed by atoms with van der Waals surface area (Å²) in [5.41, 5.74) is 1.93. The lowest BCUT2D eigenvalue weighted by molar-refractivity contribution is 0.112. The molecule has 15 heavy (non-hydrogen) atoms. The molecule has 1 fully saturated rings. The third-order valence-corrected chi connectivity index (χ3v) is 2.82. The number of hydrogen-bond donors (Lipinski definition) is 1. The fourth-order valence-corrected chi connectivity index (χ4v) is 1.96. The molecule has 4 nitrogen and oxygen atoms in total. The van der Waals surface area contributed by atoms with Crippen molar-refractivity contribution < 1.29 is 4.79 Å². The Morgan fingerprint density at radius 3 is 2.87 bits per heavy atom. The van der Waals surface area contributed by atoms with Gasteiger partial charge in [0.15, 0.2) is 6.29 Å². The van der Waals surface area contributed by atoms with Crippen molar-refractivity contribution in [3.05, 3.63) is 34.2 Å². The minimum absolute atomic E-state index is 0.109. The Labute approximate surface area is 85.5 Å². The van der Waals surface area contributed by atoms with Crippen LogP contribution in [0.15, 0.2) is 23.0 Å². The summed E-state index contributed by atoms with van der Waals surface area (Å²) in [5, 5.41) is 0. The van der Waals surface area contributed by atoms with Crippen LogP contribution < -0.4 is 5.69 Å². The number of benzene rings is 1. The van der Waals surface area contributed by atoms with E-state index >= 15 is 0 Å². The first kappa shape index (κ1) is 8.47. The molecule has 76 valence electrons. The zero-order valence-corrected chi connectivity index (χ0v) is 8.06. The van der Waals surface area contributed by atoms with Crippen LogP contribution >= 0.6 is 0 Å². The van der Waals surface area contributed by atoms with Gasteiger partial charge >= 0.3 is 5.69 Å². The SMILES string of the molecule is O=Cc1cccc2c1[nH]c(=O)n2C1CC1. The number of fused-ring (bicyclic) bond motifs is 1. The summed E-state index contributed by atoms with van der Waals surface area (Å²) in [6.45, 7) is 0. The Morgan fingerprint density at radius 1 is 1.40 bits per heavy atom. The van der Waals surface area contributed by atoms with Crippen molar-refractivity contribution in [1.29, 1.82) is 0 Å². The molecule has 0 unspecified atom stereocenters. The van der Waals surface area contributed by atoms with E-state index in [1.54, 1.807) is 16.7 Å². The second-order valence-electron chi connectivity index (χ2n) is 3.89. The average Bonchev–Trinajstić information content (AvgIpc) is 3.00. The number of aromatic nitrogens is 2. The molecule has 1 aromatic heterocycles. The van der Waals surface area contributed by atoms with E-state index in [1.165, 1.54) is 0 Å². The Morgan fingerprint density at radius 2 is 2.20 bits per heavy atom. The van der Waals surface area contributed by atoms with Crippen molar-refractivity contribution in [1.82, 2.24) is 9.55 Å². The number of aromatic amines is 1. The number of nitrogens with one attached hydrogen (secondary N) is 1. The minimum Gasteiger partial charge on any atom is -0.305 e. The van der Waals surface area contributed by atoms with Gasteiger partial charge in [-0.15, -0.1) is 0 Å². The Bertz CT molecular complexity index is 590. The molecule has 4 heteroatoms. The first-order valence-corrected chi connectivity index (χ1v) is 4.99. The maximum atomic E-state index is 11.7. The normalized spacial score (nSPS) is 15.7. The highest BCUT2D eigenvalue weighted by atomic mass is 16.1. The molecule has 2 aromatic rings. The van der Waals surface area contributed by atoms with Gasteiger partial charge in [0, 0.05) is 11.6 Å². The third kappa shape index (κ3) is 1.14. The zero-order valence-electron chi connectivity index (χ0n) is 8.06. The van der Waals surface area contributed by atoms with Crippen LogP contribution in [0.4, 0.5) is 0 Å². The zero-order chi connectivity index (χ0) is 10.4. The summed E-state index contributed by atoms with van der Waals surface area (Å²) in [5.74, 6) is 0. The van der Waals surface area contributed by atoms with Crippen molar-refractivity contribution in [2.45, 2.75) is 18.9 Å². The van der Waals surface area contributed by atoms with Gasteiger partial charge < -0.3 is 4.98 Å². The van der Waals surface area contributed by atoms with Gasteiger partial charge in [-0.3, -0.25) is 9.36 Å². The summed E-state index contributed by atoms with van der Waals surface area (Å²) >= 11 is 0. The fraction of sp³-hybridized carbons (Fsp3) is 0.273. The number of nitrogens with zero attached hydrogens (tertiary/aromatic N) is 1. The number of carbonyl (C=O) groups is 1. The molecule has 1 saturated carbocycles. The largest absolute Gasteiger partial charge is 0.326 e. The lowest BCUT2D eigenvalue weighted by Gasteiger charge is -1.99. The van der Waals surface area contributed by atoms with Gasteiger partial charge in [-0.25, -0.2) is 4.79 Å². The van der Waals surface area contributed by atoms with Crippen molar-refractivity contribution in [2.75, 3.05) is 0 Å². The molecule has 1 N–H and O–H groups in total. The van der Waals surface area contributed by atoms with Gasteiger partial charge in [0.1, 0.15) is 0 Å². The van der Waals surface area contributed by atoms with Crippen LogP contribution in [0.5, 0.6) is 0 Å². The Kier molecular flexibility index (Phi) is 1.59. The third-order valence-electron chi connectivity index (χ3n) is 2.82. The van der Waals surface area contributed by atoms with Gasteiger partial charge in [-0.2, -0.15) is 0 Å². The summed E-state index contributed by atoms with van der Waals surface area (Å²) < 4.78 is 1.75. The standard InChI is InChI=1S/C11H10N2O2/c14-6-7-2-1-3-9-10(7)12-11(15)13(9)8-4-5-8/h1-3,6,8H,4-5H2,(H,12,15). The first-order chi connectivity index (χ1) is 7.31. The molecule has 0 bridgehead atoms. The number of para-hydroxylation sites is 1. The van der Waals surface area contributed by atoms with Crippen molar-refractivity contribution in [3.8, 4) is 0 Å². The molecule has 1 heterocycles. The van der Waals surface area contributed by atoms with Gasteiger partial charge in [0.2, 0.25) is 0 Å². The minimum atomic E-state index is -0.109. The van der Waals surface area contributed by atoms with E-state index in [0.717, 1.165) is 24.6 Å². The molecular weight excluding hydrogens is 192 g/mol. The predicted octanol–water partition coefficient (Wildman–Crippen LogP) is 1.48. The molecule has 1 aliphatic carbocycles. The van der Waals surface area contributed by atoms with E-state index in [0.29, 0.717) is 17.1 Å². The Hall–Kier alpha value is -1.84. The van der Waals surface area contributed by atoms with Crippen molar-refractivity contribution >= 4 is 17.3 Å². The average molecular weight is 202 g/mol. The second-order valence-corrected chi connectivity index (χ2v) is 3.89. The van der Waals surface area contributed by atoms with Gasteiger partial charge in [0.05, 0.1) is 11.0 Å². The van der Waals surface area contributed by atoms with Crippen molar-refractivity contribution in [2.24, 2.45) is 0 Å². The van der Waals surface area contributed by atoms with Crippen LogP contribution in [0.25, 0.3) is 11.0 Å². The maximum Gasteiger partial charge on any atom is 0.326 e. The van der Waals surface area contributed by atoms with Crippen LogP contribution in [0.3, 0.4) is 0 Å². The summed E-state index contributed by atoms with van der Waals surface area (Å²) in [4.78, 5) is 25.2. The number of imidazole rings is 1. The summed E-state index contributed by atoms with van der Waals surface area (Å²) in [6.07, 6.45) is 2.88. The number of aldehydes is 1. The molecule has 0 saturated heterocycles. The van der Waals surface area contributed by atoms with Crippen LogP contribution in [0.2, 0.25) is 0 Å². The number of H-pyrrole nitrogens is 1. The van der Waals surface area contributed by atoms with E-state index in [9.17, 15) is 9.59 Å². The molecular formula is C11H10N2O2. The van der Waals surface area contributed by atoms with Crippen LogP contribution in [-0.2, 0) is 0 Å². The van der Waals surface area contributed by atoms with E-state index in [1.807, 2.05) is 6.07 Å². The van der Waals surface area contributed by atoms with Gasteiger partial charge in [-0.1, -0.05) is 6.07 Å². The lowest BCUT2D eigenvalue weighted by atomic mass is 10.2. The molecule has 0 atom stereocenters. The summed E-state index contributed by atoms with van der Waals surface area (Å²) in [7, 11) is 0. The van der Waals surface area contributed by atoms with E-state index in [-0.39, 0.29) is 5.69 Å².